The SMILES string of the molecule is CCOc1ccc(S(=O)(=O)N2C[C@@H]3C[C@H](NC(=O)c4cccnc4)[C@H]2C3)cc1. The topological polar surface area (TPSA) is 88.6 Å². The van der Waals surface area contributed by atoms with Gasteiger partial charge in [-0.05, 0) is 62.1 Å². The Labute approximate surface area is 164 Å². The summed E-state index contributed by atoms with van der Waals surface area (Å²) in [6.45, 7) is 2.91. The fourth-order valence-electron chi connectivity index (χ4n) is 4.17. The van der Waals surface area contributed by atoms with Crippen molar-refractivity contribution in [2.75, 3.05) is 13.2 Å². The van der Waals surface area contributed by atoms with Crippen LogP contribution in [0.15, 0.2) is 53.7 Å². The van der Waals surface area contributed by atoms with Gasteiger partial charge in [-0.1, -0.05) is 0 Å². The van der Waals surface area contributed by atoms with E-state index in [-0.39, 0.29) is 28.8 Å². The number of carbonyl (C=O) groups is 1. The molecule has 1 aliphatic heterocycles. The number of nitrogens with zero attached hydrogens (tertiary/aromatic N) is 2. The second-order valence-electron chi connectivity index (χ2n) is 7.21. The Morgan fingerprint density at radius 1 is 1.25 bits per heavy atom. The summed E-state index contributed by atoms with van der Waals surface area (Å²) in [5, 5.41) is 3.00. The average Bonchev–Trinajstić information content (AvgIpc) is 3.30. The van der Waals surface area contributed by atoms with Crippen LogP contribution < -0.4 is 10.1 Å². The van der Waals surface area contributed by atoms with Gasteiger partial charge in [0, 0.05) is 31.0 Å². The lowest BCUT2D eigenvalue weighted by Gasteiger charge is -2.32. The van der Waals surface area contributed by atoms with Crippen molar-refractivity contribution in [3.05, 3.63) is 54.4 Å². The lowest BCUT2D eigenvalue weighted by molar-refractivity contribution is 0.0916. The summed E-state index contributed by atoms with van der Waals surface area (Å²) >= 11 is 0. The molecule has 1 amide bonds. The van der Waals surface area contributed by atoms with Crippen LogP contribution in [0.2, 0.25) is 0 Å². The van der Waals surface area contributed by atoms with Crippen molar-refractivity contribution in [2.24, 2.45) is 5.92 Å². The monoisotopic (exact) mass is 401 g/mol. The number of hydrogen-bond donors (Lipinski definition) is 1. The first kappa shape index (κ1) is 18.9. The summed E-state index contributed by atoms with van der Waals surface area (Å²) in [4.78, 5) is 16.7. The Balaban J connectivity index is 1.50. The van der Waals surface area contributed by atoms with Crippen molar-refractivity contribution in [1.82, 2.24) is 14.6 Å². The van der Waals surface area contributed by atoms with E-state index < -0.39 is 10.0 Å². The van der Waals surface area contributed by atoms with Crippen molar-refractivity contribution in [1.29, 1.82) is 0 Å². The summed E-state index contributed by atoms with van der Waals surface area (Å²) in [6, 6.07) is 9.50. The third-order valence-corrected chi connectivity index (χ3v) is 7.32. The number of sulfonamides is 1. The van der Waals surface area contributed by atoms with Crippen molar-refractivity contribution >= 4 is 15.9 Å². The minimum Gasteiger partial charge on any atom is -0.494 e. The van der Waals surface area contributed by atoms with Gasteiger partial charge in [0.2, 0.25) is 10.0 Å². The number of hydrogen-bond acceptors (Lipinski definition) is 5. The van der Waals surface area contributed by atoms with Crippen LogP contribution >= 0.6 is 0 Å². The molecule has 0 unspecified atom stereocenters. The second-order valence-corrected chi connectivity index (χ2v) is 9.10. The lowest BCUT2D eigenvalue weighted by atomic mass is 10.1. The van der Waals surface area contributed by atoms with Gasteiger partial charge in [0.1, 0.15) is 5.75 Å². The molecule has 28 heavy (non-hydrogen) atoms. The van der Waals surface area contributed by atoms with E-state index in [0.717, 1.165) is 12.8 Å². The molecule has 0 spiro atoms. The highest BCUT2D eigenvalue weighted by Crippen LogP contribution is 2.41. The van der Waals surface area contributed by atoms with Crippen molar-refractivity contribution in [3.8, 4) is 5.75 Å². The number of ether oxygens (including phenoxy) is 1. The summed E-state index contributed by atoms with van der Waals surface area (Å²) in [6.07, 6.45) is 4.69. The molecule has 8 heteroatoms. The van der Waals surface area contributed by atoms with Crippen LogP contribution in [0, 0.1) is 5.92 Å². The number of pyridine rings is 1. The van der Waals surface area contributed by atoms with Crippen LogP contribution in [0.4, 0.5) is 0 Å². The van der Waals surface area contributed by atoms with Crippen molar-refractivity contribution in [3.63, 3.8) is 0 Å². The van der Waals surface area contributed by atoms with Crippen LogP contribution in [-0.2, 0) is 10.0 Å². The Bertz CT molecular complexity index is 947. The van der Waals surface area contributed by atoms with Gasteiger partial charge in [-0.25, -0.2) is 8.42 Å². The van der Waals surface area contributed by atoms with Crippen molar-refractivity contribution in [2.45, 2.75) is 36.7 Å². The molecule has 1 N–H and O–H groups in total. The predicted molar refractivity (Wildman–Crippen MR) is 104 cm³/mol. The average molecular weight is 401 g/mol. The van der Waals surface area contributed by atoms with E-state index in [1.54, 1.807) is 46.9 Å². The smallest absolute Gasteiger partial charge is 0.253 e. The summed E-state index contributed by atoms with van der Waals surface area (Å²) in [7, 11) is -3.62. The minimum atomic E-state index is -3.62. The fraction of sp³-hybridized carbons (Fsp3) is 0.400. The number of aromatic nitrogens is 1. The zero-order chi connectivity index (χ0) is 19.7. The van der Waals surface area contributed by atoms with Crippen LogP contribution in [0.3, 0.4) is 0 Å². The summed E-state index contributed by atoms with van der Waals surface area (Å²) in [5.41, 5.74) is 0.478. The molecule has 7 nitrogen and oxygen atoms in total. The van der Waals surface area contributed by atoms with Gasteiger partial charge in [-0.2, -0.15) is 4.31 Å². The first-order valence-electron chi connectivity index (χ1n) is 9.44. The van der Waals surface area contributed by atoms with E-state index in [9.17, 15) is 13.2 Å². The lowest BCUT2D eigenvalue weighted by Crippen LogP contribution is -2.51. The van der Waals surface area contributed by atoms with Gasteiger partial charge >= 0.3 is 0 Å². The van der Waals surface area contributed by atoms with Crippen LogP contribution in [0.5, 0.6) is 5.75 Å². The van der Waals surface area contributed by atoms with Gasteiger partial charge in [-0.3, -0.25) is 9.78 Å². The van der Waals surface area contributed by atoms with E-state index in [1.807, 2.05) is 6.92 Å². The third-order valence-electron chi connectivity index (χ3n) is 5.42. The number of benzene rings is 1. The second kappa shape index (κ2) is 7.52. The Morgan fingerprint density at radius 3 is 2.68 bits per heavy atom. The number of piperidine rings is 1. The highest BCUT2D eigenvalue weighted by Gasteiger charge is 2.50. The molecule has 2 fully saturated rings. The molecular formula is C20H23N3O4S. The first-order chi connectivity index (χ1) is 13.5. The fourth-order valence-corrected chi connectivity index (χ4v) is 5.91. The Hall–Kier alpha value is -2.45. The highest BCUT2D eigenvalue weighted by atomic mass is 32.2. The number of carbonyl (C=O) groups excluding carboxylic acids is 1. The van der Waals surface area contributed by atoms with E-state index >= 15 is 0 Å². The maximum absolute atomic E-state index is 13.2. The molecule has 4 rings (SSSR count). The molecule has 1 aliphatic carbocycles. The molecule has 2 aromatic rings. The zero-order valence-electron chi connectivity index (χ0n) is 15.6. The van der Waals surface area contributed by atoms with Crippen LogP contribution in [-0.4, -0.2) is 48.8 Å². The minimum absolute atomic E-state index is 0.191. The summed E-state index contributed by atoms with van der Waals surface area (Å²) in [5.74, 6) is 0.691. The van der Waals surface area contributed by atoms with Gasteiger partial charge in [0.15, 0.2) is 0 Å². The molecule has 148 valence electrons. The largest absolute Gasteiger partial charge is 0.494 e. The van der Waals surface area contributed by atoms with Gasteiger partial charge in [0.25, 0.3) is 5.91 Å². The molecule has 2 aliphatic rings. The molecule has 3 atom stereocenters. The maximum Gasteiger partial charge on any atom is 0.253 e. The van der Waals surface area contributed by atoms with Crippen LogP contribution in [0.1, 0.15) is 30.1 Å². The van der Waals surface area contributed by atoms with Crippen molar-refractivity contribution < 1.29 is 17.9 Å². The zero-order valence-corrected chi connectivity index (χ0v) is 16.4. The molecule has 1 saturated heterocycles. The number of amides is 1. The number of fused-ring (bicyclic) bond motifs is 2. The quantitative estimate of drug-likeness (QED) is 0.800. The normalized spacial score (nSPS) is 24.2. The molecule has 0 radical (unpaired) electrons. The molecule has 2 heterocycles. The highest BCUT2D eigenvalue weighted by molar-refractivity contribution is 7.89. The number of rotatable bonds is 6. The molecule has 1 saturated carbocycles. The van der Waals surface area contributed by atoms with Gasteiger partial charge < -0.3 is 10.1 Å². The molecule has 1 aromatic heterocycles. The number of nitrogens with one attached hydrogen (secondary N) is 1. The summed E-state index contributed by atoms with van der Waals surface area (Å²) < 4.78 is 33.3. The van der Waals surface area contributed by atoms with E-state index in [4.69, 9.17) is 4.74 Å². The Morgan fingerprint density at radius 2 is 2.04 bits per heavy atom. The molecule has 1 aromatic carbocycles. The predicted octanol–water partition coefficient (Wildman–Crippen LogP) is 2.06. The third kappa shape index (κ3) is 3.49. The maximum atomic E-state index is 13.2. The molecular weight excluding hydrogens is 378 g/mol. The molecule has 2 bridgehead atoms. The van der Waals surface area contributed by atoms with E-state index in [0.29, 0.717) is 24.5 Å². The van der Waals surface area contributed by atoms with Crippen LogP contribution in [0.25, 0.3) is 0 Å². The van der Waals surface area contributed by atoms with E-state index in [1.165, 1.54) is 6.20 Å². The van der Waals surface area contributed by atoms with Gasteiger partial charge in [0.05, 0.1) is 17.1 Å². The standard InChI is InChI=1S/C20H23N3O4S/c1-2-27-16-5-7-17(8-6-16)28(25,26)23-13-14-10-18(19(23)11-14)22-20(24)15-4-3-9-21-12-15/h3-9,12,14,18-19H,2,10-11,13H2,1H3,(H,22,24)/t14-,18+,19-/m1/s1. The van der Waals surface area contributed by atoms with E-state index in [2.05, 4.69) is 10.3 Å². The van der Waals surface area contributed by atoms with Gasteiger partial charge in [-0.15, -0.1) is 0 Å². The first-order valence-corrected chi connectivity index (χ1v) is 10.9. The Kier molecular flexibility index (Phi) is 5.07.